The predicted molar refractivity (Wildman–Crippen MR) is 119 cm³/mol. The van der Waals surface area contributed by atoms with Gasteiger partial charge in [0.1, 0.15) is 5.82 Å². The van der Waals surface area contributed by atoms with Crippen molar-refractivity contribution in [3.63, 3.8) is 0 Å². The number of morpholine rings is 1. The molecule has 0 bridgehead atoms. The van der Waals surface area contributed by atoms with Crippen LogP contribution < -0.4 is 10.2 Å². The molecule has 0 radical (unpaired) electrons. The number of benzene rings is 2. The summed E-state index contributed by atoms with van der Waals surface area (Å²) in [7, 11) is 0. The van der Waals surface area contributed by atoms with Gasteiger partial charge in [-0.3, -0.25) is 9.20 Å². The van der Waals surface area contributed by atoms with E-state index in [9.17, 15) is 13.6 Å². The second-order valence-electron chi connectivity index (χ2n) is 8.01. The largest absolute Gasteiger partial charge is 0.378 e. The normalized spacial score (nSPS) is 17.9. The topological polar surface area (TPSA) is 71.8 Å². The molecule has 2 aromatic carbocycles. The summed E-state index contributed by atoms with van der Waals surface area (Å²) in [6.45, 7) is 2.59. The number of carbonyl (C=O) groups is 1. The van der Waals surface area contributed by atoms with Crippen LogP contribution in [-0.4, -0.2) is 46.6 Å². The molecular weight excluding hydrogens is 428 g/mol. The Kier molecular flexibility index (Phi) is 4.58. The van der Waals surface area contributed by atoms with Crippen molar-refractivity contribution in [1.82, 2.24) is 14.4 Å². The molecule has 0 aliphatic carbocycles. The molecule has 166 valence electrons. The highest BCUT2D eigenvalue weighted by Gasteiger charge is 2.31. The zero-order chi connectivity index (χ0) is 22.5. The number of imidazole rings is 1. The molecular formula is C24H19F2N5O2. The zero-order valence-corrected chi connectivity index (χ0v) is 17.5. The smallest absolute Gasteiger partial charge is 0.263 e. The Hall–Kier alpha value is -3.85. The van der Waals surface area contributed by atoms with Crippen LogP contribution in [0.25, 0.3) is 28.2 Å². The summed E-state index contributed by atoms with van der Waals surface area (Å²) in [5.41, 5.74) is 4.13. The number of amides is 1. The average molecular weight is 447 g/mol. The molecule has 0 spiro atoms. The molecule has 4 aromatic rings. The van der Waals surface area contributed by atoms with Gasteiger partial charge in [-0.1, -0.05) is 6.07 Å². The third kappa shape index (κ3) is 3.23. The maximum absolute atomic E-state index is 14.5. The minimum atomic E-state index is -1.72. The van der Waals surface area contributed by atoms with Gasteiger partial charge < -0.3 is 15.0 Å². The Morgan fingerprint density at radius 1 is 1.06 bits per heavy atom. The zero-order valence-electron chi connectivity index (χ0n) is 17.5. The van der Waals surface area contributed by atoms with Gasteiger partial charge in [-0.05, 0) is 36.4 Å². The number of anilines is 2. The van der Waals surface area contributed by atoms with E-state index in [1.165, 1.54) is 12.1 Å². The summed E-state index contributed by atoms with van der Waals surface area (Å²) in [6.07, 6.45) is 1.78. The minimum absolute atomic E-state index is 0.292. The number of fused-ring (bicyclic) bond motifs is 2. The summed E-state index contributed by atoms with van der Waals surface area (Å²) in [6, 6.07) is 11.3. The van der Waals surface area contributed by atoms with Crippen molar-refractivity contribution in [2.24, 2.45) is 0 Å². The van der Waals surface area contributed by atoms with E-state index >= 15 is 0 Å². The molecule has 2 aromatic heterocycles. The van der Waals surface area contributed by atoms with Crippen LogP contribution in [-0.2, 0) is 9.53 Å². The van der Waals surface area contributed by atoms with Crippen LogP contribution in [0.1, 0.15) is 11.7 Å². The molecule has 33 heavy (non-hydrogen) atoms. The lowest BCUT2D eigenvalue weighted by Gasteiger charge is -2.27. The second-order valence-corrected chi connectivity index (χ2v) is 8.01. The molecule has 1 N–H and O–H groups in total. The van der Waals surface area contributed by atoms with Crippen LogP contribution in [0.2, 0.25) is 0 Å². The maximum atomic E-state index is 14.5. The summed E-state index contributed by atoms with van der Waals surface area (Å²) in [4.78, 5) is 23.4. The van der Waals surface area contributed by atoms with E-state index in [2.05, 4.69) is 15.2 Å². The number of hydrogen-bond donors (Lipinski definition) is 1. The van der Waals surface area contributed by atoms with Gasteiger partial charge in [-0.2, -0.15) is 0 Å². The standard InChI is InChI=1S/C24H19F2N5O2/c25-16-4-1-14(2-5-16)20-21(15-3-6-18-17(13-15)19(26)24(32)28-18)31-8-7-27-22(23(31)29-20)30-9-11-33-12-10-30/h1-8,13,19H,9-12H2,(H,28,32). The minimum Gasteiger partial charge on any atom is -0.378 e. The van der Waals surface area contributed by atoms with Crippen molar-refractivity contribution in [1.29, 1.82) is 0 Å². The summed E-state index contributed by atoms with van der Waals surface area (Å²) in [5.74, 6) is -0.295. The van der Waals surface area contributed by atoms with Gasteiger partial charge in [-0.15, -0.1) is 0 Å². The molecule has 1 fully saturated rings. The SMILES string of the molecule is O=C1Nc2ccc(-c3c(-c4ccc(F)cc4)nc4c(N5CCOCC5)nccn34)cc2C1F. The number of alkyl halides is 1. The highest BCUT2D eigenvalue weighted by molar-refractivity contribution is 6.02. The van der Waals surface area contributed by atoms with E-state index in [1.54, 1.807) is 36.7 Å². The van der Waals surface area contributed by atoms with E-state index in [0.717, 1.165) is 11.4 Å². The predicted octanol–water partition coefficient (Wildman–Crippen LogP) is 4.00. The quantitative estimate of drug-likeness (QED) is 0.514. The van der Waals surface area contributed by atoms with Crippen molar-refractivity contribution >= 4 is 23.1 Å². The number of rotatable bonds is 3. The lowest BCUT2D eigenvalue weighted by molar-refractivity contribution is -0.120. The average Bonchev–Trinajstić information content (AvgIpc) is 3.37. The van der Waals surface area contributed by atoms with Crippen LogP contribution in [0.4, 0.5) is 20.3 Å². The third-order valence-electron chi connectivity index (χ3n) is 6.04. The molecule has 1 atom stereocenters. The molecule has 6 rings (SSSR count). The van der Waals surface area contributed by atoms with E-state index in [1.807, 2.05) is 10.5 Å². The molecule has 7 nitrogen and oxygen atoms in total. The van der Waals surface area contributed by atoms with E-state index in [4.69, 9.17) is 9.72 Å². The Balaban J connectivity index is 1.59. The molecule has 1 unspecified atom stereocenters. The number of aromatic nitrogens is 3. The van der Waals surface area contributed by atoms with Gasteiger partial charge in [0.15, 0.2) is 11.5 Å². The summed E-state index contributed by atoms with van der Waals surface area (Å²) in [5, 5.41) is 2.55. The molecule has 9 heteroatoms. The van der Waals surface area contributed by atoms with Crippen molar-refractivity contribution in [3.05, 3.63) is 66.2 Å². The lowest BCUT2D eigenvalue weighted by Crippen LogP contribution is -2.37. The first kappa shape index (κ1) is 19.8. The number of nitrogens with zero attached hydrogens (tertiary/aromatic N) is 4. The highest BCUT2D eigenvalue weighted by atomic mass is 19.1. The van der Waals surface area contributed by atoms with Gasteiger partial charge in [-0.25, -0.2) is 18.7 Å². The van der Waals surface area contributed by atoms with E-state index in [-0.39, 0.29) is 5.82 Å². The van der Waals surface area contributed by atoms with Gasteiger partial charge in [0, 0.05) is 47.9 Å². The first-order valence-electron chi connectivity index (χ1n) is 10.6. The fourth-order valence-corrected chi connectivity index (χ4v) is 4.42. The van der Waals surface area contributed by atoms with Crippen molar-refractivity contribution in [2.75, 3.05) is 36.5 Å². The van der Waals surface area contributed by atoms with Gasteiger partial charge >= 0.3 is 0 Å². The number of ether oxygens (including phenoxy) is 1. The van der Waals surface area contributed by atoms with Crippen LogP contribution in [0.5, 0.6) is 0 Å². The number of hydrogen-bond acceptors (Lipinski definition) is 5. The van der Waals surface area contributed by atoms with Crippen molar-refractivity contribution < 1.29 is 18.3 Å². The fourth-order valence-electron chi connectivity index (χ4n) is 4.42. The lowest BCUT2D eigenvalue weighted by atomic mass is 10.0. The number of halogens is 2. The van der Waals surface area contributed by atoms with E-state index < -0.39 is 12.1 Å². The number of carbonyl (C=O) groups excluding carboxylic acids is 1. The Morgan fingerprint density at radius 2 is 1.82 bits per heavy atom. The molecule has 0 saturated carbocycles. The molecule has 1 saturated heterocycles. The monoisotopic (exact) mass is 447 g/mol. The highest BCUT2D eigenvalue weighted by Crippen LogP contribution is 2.40. The van der Waals surface area contributed by atoms with Crippen LogP contribution in [0.15, 0.2) is 54.9 Å². The van der Waals surface area contributed by atoms with Gasteiger partial charge in [0.2, 0.25) is 6.17 Å². The fraction of sp³-hybridized carbons (Fsp3) is 0.208. The molecule has 4 heterocycles. The Labute approximate surface area is 187 Å². The maximum Gasteiger partial charge on any atom is 0.263 e. The van der Waals surface area contributed by atoms with E-state index in [0.29, 0.717) is 60.2 Å². The third-order valence-corrected chi connectivity index (χ3v) is 6.04. The Bertz CT molecular complexity index is 1380. The first-order chi connectivity index (χ1) is 16.1. The second kappa shape index (κ2) is 7.63. The van der Waals surface area contributed by atoms with Gasteiger partial charge in [0.05, 0.1) is 24.6 Å². The molecule has 1 amide bonds. The molecule has 2 aliphatic rings. The van der Waals surface area contributed by atoms with Crippen molar-refractivity contribution in [3.8, 4) is 22.5 Å². The van der Waals surface area contributed by atoms with Gasteiger partial charge in [0.25, 0.3) is 5.91 Å². The first-order valence-corrected chi connectivity index (χ1v) is 10.6. The van der Waals surface area contributed by atoms with Crippen LogP contribution in [0.3, 0.4) is 0 Å². The number of nitrogens with one attached hydrogen (secondary N) is 1. The summed E-state index contributed by atoms with van der Waals surface area (Å²) < 4.78 is 35.5. The van der Waals surface area contributed by atoms with Crippen molar-refractivity contribution in [2.45, 2.75) is 6.17 Å². The molecule has 2 aliphatic heterocycles. The Morgan fingerprint density at radius 3 is 2.61 bits per heavy atom. The van der Waals surface area contributed by atoms with Crippen LogP contribution >= 0.6 is 0 Å². The summed E-state index contributed by atoms with van der Waals surface area (Å²) >= 11 is 0. The van der Waals surface area contributed by atoms with Crippen LogP contribution in [0, 0.1) is 5.82 Å².